The first-order valence-corrected chi connectivity index (χ1v) is 5.91. The van der Waals surface area contributed by atoms with Crippen LogP contribution >= 0.6 is 15.9 Å². The fourth-order valence-corrected chi connectivity index (χ4v) is 1.63. The molecule has 0 aliphatic rings. The van der Waals surface area contributed by atoms with Gasteiger partial charge in [0.1, 0.15) is 5.75 Å². The van der Waals surface area contributed by atoms with Crippen molar-refractivity contribution in [3.63, 3.8) is 0 Å². The van der Waals surface area contributed by atoms with Crippen LogP contribution in [0.3, 0.4) is 0 Å². The highest BCUT2D eigenvalue weighted by Gasteiger charge is 1.95. The third kappa shape index (κ3) is 3.35. The van der Waals surface area contributed by atoms with Crippen LogP contribution in [0.25, 0.3) is 0 Å². The van der Waals surface area contributed by atoms with Gasteiger partial charge in [-0.05, 0) is 35.9 Å². The summed E-state index contributed by atoms with van der Waals surface area (Å²) in [6, 6.07) is 11.8. The van der Waals surface area contributed by atoms with Crippen LogP contribution in [0.1, 0.15) is 5.56 Å². The fourth-order valence-electron chi connectivity index (χ4n) is 1.36. The number of nitrogens with zero attached hydrogens (tertiary/aromatic N) is 1. The maximum Gasteiger partial charge on any atom is 0.119 e. The van der Waals surface area contributed by atoms with E-state index in [2.05, 4.69) is 27.0 Å². The van der Waals surface area contributed by atoms with Gasteiger partial charge in [-0.3, -0.25) is 4.98 Å². The van der Waals surface area contributed by atoms with Gasteiger partial charge in [0.2, 0.25) is 0 Å². The predicted molar refractivity (Wildman–Crippen MR) is 67.6 cm³/mol. The van der Waals surface area contributed by atoms with Crippen molar-refractivity contribution in [2.24, 2.45) is 0 Å². The second-order valence-electron chi connectivity index (χ2n) is 3.41. The van der Waals surface area contributed by atoms with Crippen LogP contribution in [0.2, 0.25) is 0 Å². The highest BCUT2D eigenvalue weighted by atomic mass is 79.9. The van der Waals surface area contributed by atoms with Gasteiger partial charge in [0.25, 0.3) is 0 Å². The second-order valence-corrected chi connectivity index (χ2v) is 4.33. The molecule has 0 spiro atoms. The largest absolute Gasteiger partial charge is 0.493 e. The summed E-state index contributed by atoms with van der Waals surface area (Å²) in [5.41, 5.74) is 1.19. The van der Waals surface area contributed by atoms with Gasteiger partial charge in [0.05, 0.1) is 6.61 Å². The molecule has 0 aliphatic heterocycles. The lowest BCUT2D eigenvalue weighted by Gasteiger charge is -2.05. The lowest BCUT2D eigenvalue weighted by Crippen LogP contribution is -2.01. The molecule has 3 heteroatoms. The number of ether oxygens (including phenoxy) is 1. The van der Waals surface area contributed by atoms with Crippen LogP contribution in [0.15, 0.2) is 53.3 Å². The minimum absolute atomic E-state index is 0.674. The molecule has 0 amide bonds. The van der Waals surface area contributed by atoms with Gasteiger partial charge in [0, 0.05) is 23.3 Å². The maximum absolute atomic E-state index is 5.62. The average Bonchev–Trinajstić information content (AvgIpc) is 2.33. The number of pyridine rings is 1. The maximum atomic E-state index is 5.62. The molecule has 0 fully saturated rings. The van der Waals surface area contributed by atoms with Gasteiger partial charge < -0.3 is 4.74 Å². The second kappa shape index (κ2) is 5.66. The molecule has 1 heterocycles. The van der Waals surface area contributed by atoms with Crippen LogP contribution in [0, 0.1) is 0 Å². The Kier molecular flexibility index (Phi) is 3.94. The molecular weight excluding hydrogens is 266 g/mol. The molecule has 0 saturated carbocycles. The molecule has 0 unspecified atom stereocenters. The van der Waals surface area contributed by atoms with Gasteiger partial charge in [-0.2, -0.15) is 0 Å². The fraction of sp³-hybridized carbons (Fsp3) is 0.154. The molecule has 0 N–H and O–H groups in total. The molecule has 0 aliphatic carbocycles. The number of aromatic nitrogens is 1. The normalized spacial score (nSPS) is 10.1. The van der Waals surface area contributed by atoms with Crippen molar-refractivity contribution >= 4 is 15.9 Å². The van der Waals surface area contributed by atoms with Gasteiger partial charge >= 0.3 is 0 Å². The zero-order chi connectivity index (χ0) is 11.2. The minimum atomic E-state index is 0.674. The van der Waals surface area contributed by atoms with Crippen LogP contribution in [-0.4, -0.2) is 11.6 Å². The summed E-state index contributed by atoms with van der Waals surface area (Å²) in [4.78, 5) is 4.06. The van der Waals surface area contributed by atoms with Crippen molar-refractivity contribution in [2.75, 3.05) is 6.61 Å². The number of hydrogen-bond acceptors (Lipinski definition) is 2. The Morgan fingerprint density at radius 1 is 1.12 bits per heavy atom. The van der Waals surface area contributed by atoms with Crippen LogP contribution in [-0.2, 0) is 6.42 Å². The summed E-state index contributed by atoms with van der Waals surface area (Å²) in [6.07, 6.45) is 4.52. The first-order chi connectivity index (χ1) is 7.84. The molecule has 2 rings (SSSR count). The quantitative estimate of drug-likeness (QED) is 0.854. The summed E-state index contributed by atoms with van der Waals surface area (Å²) < 4.78 is 6.68. The third-order valence-electron chi connectivity index (χ3n) is 2.20. The Morgan fingerprint density at radius 3 is 2.62 bits per heavy atom. The molecular formula is C13H12BrNO. The summed E-state index contributed by atoms with van der Waals surface area (Å²) >= 11 is 3.39. The molecule has 0 saturated heterocycles. The minimum Gasteiger partial charge on any atom is -0.493 e. The van der Waals surface area contributed by atoms with Crippen LogP contribution in [0.5, 0.6) is 5.75 Å². The van der Waals surface area contributed by atoms with E-state index in [1.165, 1.54) is 5.56 Å². The Balaban J connectivity index is 1.82. The molecule has 82 valence electrons. The lowest BCUT2D eigenvalue weighted by molar-refractivity contribution is 0.322. The van der Waals surface area contributed by atoms with E-state index in [-0.39, 0.29) is 0 Å². The Hall–Kier alpha value is -1.35. The summed E-state index contributed by atoms with van der Waals surface area (Å²) in [7, 11) is 0. The molecule has 16 heavy (non-hydrogen) atoms. The van der Waals surface area contributed by atoms with E-state index in [1.54, 1.807) is 6.20 Å². The molecule has 1 aromatic heterocycles. The number of halogens is 1. The zero-order valence-electron chi connectivity index (χ0n) is 8.77. The van der Waals surface area contributed by atoms with Crippen molar-refractivity contribution in [3.8, 4) is 5.75 Å². The standard InChI is InChI=1S/C13H12BrNO/c14-12-3-5-13(6-4-12)16-9-7-11-2-1-8-15-10-11/h1-6,8,10H,7,9H2. The van der Waals surface area contributed by atoms with E-state index in [0.717, 1.165) is 16.6 Å². The van der Waals surface area contributed by atoms with Crippen molar-refractivity contribution in [2.45, 2.75) is 6.42 Å². The Bertz CT molecular complexity index is 427. The average molecular weight is 278 g/mol. The molecule has 0 radical (unpaired) electrons. The summed E-state index contributed by atoms with van der Waals surface area (Å²) in [5.74, 6) is 0.895. The van der Waals surface area contributed by atoms with Crippen LogP contribution in [0.4, 0.5) is 0 Å². The van der Waals surface area contributed by atoms with E-state index < -0.39 is 0 Å². The van der Waals surface area contributed by atoms with Crippen molar-refractivity contribution < 1.29 is 4.74 Å². The van der Waals surface area contributed by atoms with Gasteiger partial charge in [-0.15, -0.1) is 0 Å². The first kappa shape index (κ1) is 11.1. The van der Waals surface area contributed by atoms with Crippen molar-refractivity contribution in [1.29, 1.82) is 0 Å². The highest BCUT2D eigenvalue weighted by molar-refractivity contribution is 9.10. The number of hydrogen-bond donors (Lipinski definition) is 0. The third-order valence-corrected chi connectivity index (χ3v) is 2.72. The van der Waals surface area contributed by atoms with E-state index in [4.69, 9.17) is 4.74 Å². The van der Waals surface area contributed by atoms with Crippen LogP contribution < -0.4 is 4.74 Å². The summed E-state index contributed by atoms with van der Waals surface area (Å²) in [5, 5.41) is 0. The Labute approximate surface area is 103 Å². The number of rotatable bonds is 4. The van der Waals surface area contributed by atoms with Gasteiger partial charge in [-0.25, -0.2) is 0 Å². The van der Waals surface area contributed by atoms with E-state index in [0.29, 0.717) is 6.61 Å². The predicted octanol–water partition coefficient (Wildman–Crippen LogP) is 3.47. The summed E-state index contributed by atoms with van der Waals surface area (Å²) in [6.45, 7) is 0.674. The van der Waals surface area contributed by atoms with E-state index >= 15 is 0 Å². The number of benzene rings is 1. The van der Waals surface area contributed by atoms with E-state index in [1.807, 2.05) is 36.5 Å². The SMILES string of the molecule is Brc1ccc(OCCc2cccnc2)cc1. The molecule has 0 bridgehead atoms. The lowest BCUT2D eigenvalue weighted by atomic mass is 10.2. The monoisotopic (exact) mass is 277 g/mol. The molecule has 2 aromatic rings. The van der Waals surface area contributed by atoms with Crippen molar-refractivity contribution in [3.05, 3.63) is 58.8 Å². The zero-order valence-corrected chi connectivity index (χ0v) is 10.4. The molecule has 0 atom stereocenters. The first-order valence-electron chi connectivity index (χ1n) is 5.12. The van der Waals surface area contributed by atoms with Gasteiger partial charge in [0.15, 0.2) is 0 Å². The molecule has 2 nitrogen and oxygen atoms in total. The van der Waals surface area contributed by atoms with Crippen molar-refractivity contribution in [1.82, 2.24) is 4.98 Å². The smallest absolute Gasteiger partial charge is 0.119 e. The molecule has 1 aromatic carbocycles. The van der Waals surface area contributed by atoms with E-state index in [9.17, 15) is 0 Å². The Morgan fingerprint density at radius 2 is 1.94 bits per heavy atom. The highest BCUT2D eigenvalue weighted by Crippen LogP contribution is 2.16. The topological polar surface area (TPSA) is 22.1 Å². The van der Waals surface area contributed by atoms with Gasteiger partial charge in [-0.1, -0.05) is 22.0 Å².